The highest BCUT2D eigenvalue weighted by Gasteiger charge is 2.38. The van der Waals surface area contributed by atoms with Crippen molar-refractivity contribution in [3.05, 3.63) is 76.6 Å². The summed E-state index contributed by atoms with van der Waals surface area (Å²) in [6.45, 7) is 3.77. The molecule has 2 heterocycles. The number of hydrogen-bond donors (Lipinski definition) is 0. The Kier molecular flexibility index (Phi) is 4.23. The number of amides is 2. The molecule has 0 fully saturated rings. The van der Waals surface area contributed by atoms with Gasteiger partial charge in [0.1, 0.15) is 0 Å². The third-order valence-electron chi connectivity index (χ3n) is 4.53. The first kappa shape index (κ1) is 17.6. The van der Waals surface area contributed by atoms with Crippen LogP contribution in [0.5, 0.6) is 0 Å². The summed E-state index contributed by atoms with van der Waals surface area (Å²) in [5, 5.41) is 8.60. The van der Waals surface area contributed by atoms with Crippen LogP contribution >= 0.6 is 0 Å². The highest BCUT2D eigenvalue weighted by molar-refractivity contribution is 6.20. The Bertz CT molecular complexity index is 1070. The fraction of sp³-hybridized carbons (Fsp3) is 0.150. The number of fused-ring (bicyclic) bond motifs is 1. The van der Waals surface area contributed by atoms with Gasteiger partial charge in [-0.25, -0.2) is 9.48 Å². The molecule has 0 aliphatic carbocycles. The van der Waals surface area contributed by atoms with Crippen LogP contribution in [0.25, 0.3) is 5.69 Å². The van der Waals surface area contributed by atoms with E-state index >= 15 is 0 Å². The average molecular weight is 376 g/mol. The Hall–Kier alpha value is -3.81. The van der Waals surface area contributed by atoms with E-state index in [-0.39, 0.29) is 17.5 Å². The van der Waals surface area contributed by atoms with Gasteiger partial charge in [0, 0.05) is 0 Å². The number of aromatic nitrogens is 3. The van der Waals surface area contributed by atoms with E-state index in [1.54, 1.807) is 23.7 Å². The van der Waals surface area contributed by atoms with Gasteiger partial charge >= 0.3 is 5.97 Å². The second-order valence-corrected chi connectivity index (χ2v) is 6.46. The number of aryl methyl sites for hydroxylation is 1. The standard InChI is InChI=1S/C20H16N4O4/c1-12-7-9-14(10-8-12)23-13(2)17(21-22-23)11-18(25)28-24-19(26)15-5-3-4-6-16(15)20(24)27/h3-10H,11H2,1-2H3. The minimum Gasteiger partial charge on any atom is -0.329 e. The normalized spacial score (nSPS) is 13.0. The molecule has 8 nitrogen and oxygen atoms in total. The Morgan fingerprint density at radius 1 is 0.964 bits per heavy atom. The van der Waals surface area contributed by atoms with Gasteiger partial charge in [-0.05, 0) is 38.1 Å². The second kappa shape index (κ2) is 6.73. The van der Waals surface area contributed by atoms with Crippen LogP contribution in [0.1, 0.15) is 37.7 Å². The van der Waals surface area contributed by atoms with Crippen molar-refractivity contribution in [2.75, 3.05) is 0 Å². The first-order valence-corrected chi connectivity index (χ1v) is 8.62. The molecular weight excluding hydrogens is 360 g/mol. The number of hydroxylamine groups is 2. The molecule has 4 rings (SSSR count). The molecule has 1 aliphatic rings. The number of nitrogens with zero attached hydrogens (tertiary/aromatic N) is 4. The van der Waals surface area contributed by atoms with Crippen LogP contribution in [0.4, 0.5) is 0 Å². The van der Waals surface area contributed by atoms with Gasteiger partial charge < -0.3 is 4.84 Å². The molecule has 3 aromatic rings. The van der Waals surface area contributed by atoms with Crippen LogP contribution in [0.3, 0.4) is 0 Å². The lowest BCUT2D eigenvalue weighted by molar-refractivity contribution is -0.167. The maximum Gasteiger partial charge on any atom is 0.339 e. The minimum atomic E-state index is -0.770. The van der Waals surface area contributed by atoms with Crippen LogP contribution in [0, 0.1) is 13.8 Å². The Morgan fingerprint density at radius 3 is 2.18 bits per heavy atom. The Labute approximate surface area is 160 Å². The molecule has 2 amide bonds. The SMILES string of the molecule is Cc1ccc(-n2nnc(CC(=O)ON3C(=O)c4ccccc4C3=O)c2C)cc1. The third-order valence-corrected chi connectivity index (χ3v) is 4.53. The van der Waals surface area contributed by atoms with E-state index in [0.29, 0.717) is 16.5 Å². The van der Waals surface area contributed by atoms with Crippen LogP contribution in [-0.4, -0.2) is 37.8 Å². The van der Waals surface area contributed by atoms with Gasteiger partial charge in [0.05, 0.1) is 34.6 Å². The van der Waals surface area contributed by atoms with E-state index in [1.807, 2.05) is 31.2 Å². The highest BCUT2D eigenvalue weighted by atomic mass is 16.7. The van der Waals surface area contributed by atoms with E-state index < -0.39 is 17.8 Å². The number of hydrogen-bond acceptors (Lipinski definition) is 6. The smallest absolute Gasteiger partial charge is 0.329 e. The van der Waals surface area contributed by atoms with Crippen LogP contribution in [0.2, 0.25) is 0 Å². The molecule has 28 heavy (non-hydrogen) atoms. The molecule has 0 atom stereocenters. The lowest BCUT2D eigenvalue weighted by Crippen LogP contribution is -2.33. The molecule has 0 radical (unpaired) electrons. The zero-order chi connectivity index (χ0) is 19.8. The van der Waals surface area contributed by atoms with Crippen molar-refractivity contribution in [1.29, 1.82) is 0 Å². The summed E-state index contributed by atoms with van der Waals surface area (Å²) in [7, 11) is 0. The summed E-state index contributed by atoms with van der Waals surface area (Å²) in [6, 6.07) is 14.0. The van der Waals surface area contributed by atoms with Gasteiger partial charge in [-0.3, -0.25) is 9.59 Å². The quantitative estimate of drug-likeness (QED) is 0.648. The molecule has 0 saturated carbocycles. The fourth-order valence-corrected chi connectivity index (χ4v) is 2.98. The van der Waals surface area contributed by atoms with Gasteiger partial charge in [-0.1, -0.05) is 40.1 Å². The zero-order valence-electron chi connectivity index (χ0n) is 15.2. The predicted octanol–water partition coefficient (Wildman–Crippen LogP) is 2.18. The fourth-order valence-electron chi connectivity index (χ4n) is 2.98. The van der Waals surface area contributed by atoms with Crippen LogP contribution in [-0.2, 0) is 16.1 Å². The molecule has 140 valence electrons. The van der Waals surface area contributed by atoms with Gasteiger partial charge in [0.15, 0.2) is 0 Å². The van der Waals surface area contributed by atoms with Crippen molar-refractivity contribution in [3.63, 3.8) is 0 Å². The van der Waals surface area contributed by atoms with E-state index in [1.165, 1.54) is 12.1 Å². The highest BCUT2D eigenvalue weighted by Crippen LogP contribution is 2.23. The molecule has 0 saturated heterocycles. The minimum absolute atomic E-state index is 0.210. The van der Waals surface area contributed by atoms with Crippen molar-refractivity contribution < 1.29 is 19.2 Å². The molecule has 1 aliphatic heterocycles. The maximum atomic E-state index is 12.3. The molecule has 8 heteroatoms. The van der Waals surface area contributed by atoms with E-state index in [0.717, 1.165) is 11.3 Å². The zero-order valence-corrected chi connectivity index (χ0v) is 15.2. The van der Waals surface area contributed by atoms with Crippen molar-refractivity contribution in [3.8, 4) is 5.69 Å². The number of carbonyl (C=O) groups excluding carboxylic acids is 3. The molecule has 0 N–H and O–H groups in total. The summed E-state index contributed by atoms with van der Waals surface area (Å²) in [5.74, 6) is -2.09. The molecule has 0 bridgehead atoms. The lowest BCUT2D eigenvalue weighted by Gasteiger charge is -2.12. The molecular formula is C20H16N4O4. The molecule has 0 unspecified atom stereocenters. The third kappa shape index (κ3) is 2.94. The van der Waals surface area contributed by atoms with Crippen LogP contribution in [0.15, 0.2) is 48.5 Å². The number of imide groups is 1. The number of carbonyl (C=O) groups is 3. The molecule has 1 aromatic heterocycles. The number of rotatable bonds is 4. The molecule has 0 spiro atoms. The Balaban J connectivity index is 1.49. The summed E-state index contributed by atoms with van der Waals surface area (Å²) in [5.41, 5.74) is 3.43. The van der Waals surface area contributed by atoms with Gasteiger partial charge in [0.2, 0.25) is 0 Å². The second-order valence-electron chi connectivity index (χ2n) is 6.46. The summed E-state index contributed by atoms with van der Waals surface area (Å²) in [4.78, 5) is 41.9. The topological polar surface area (TPSA) is 94.4 Å². The van der Waals surface area contributed by atoms with Crippen molar-refractivity contribution in [2.45, 2.75) is 20.3 Å². The van der Waals surface area contributed by atoms with Crippen LogP contribution < -0.4 is 0 Å². The van der Waals surface area contributed by atoms with Gasteiger partial charge in [-0.15, -0.1) is 5.10 Å². The molecule has 2 aromatic carbocycles. The van der Waals surface area contributed by atoms with Crippen molar-refractivity contribution in [2.24, 2.45) is 0 Å². The summed E-state index contributed by atoms with van der Waals surface area (Å²) in [6.07, 6.45) is -0.217. The van der Waals surface area contributed by atoms with Gasteiger partial charge in [0.25, 0.3) is 11.8 Å². The van der Waals surface area contributed by atoms with E-state index in [4.69, 9.17) is 4.84 Å². The average Bonchev–Trinajstić information content (AvgIpc) is 3.16. The summed E-state index contributed by atoms with van der Waals surface area (Å²) >= 11 is 0. The van der Waals surface area contributed by atoms with Gasteiger partial charge in [-0.2, -0.15) is 0 Å². The number of benzene rings is 2. The van der Waals surface area contributed by atoms with Crippen molar-refractivity contribution in [1.82, 2.24) is 20.1 Å². The van der Waals surface area contributed by atoms with E-state index in [9.17, 15) is 14.4 Å². The monoisotopic (exact) mass is 376 g/mol. The largest absolute Gasteiger partial charge is 0.339 e. The van der Waals surface area contributed by atoms with E-state index in [2.05, 4.69) is 10.3 Å². The maximum absolute atomic E-state index is 12.3. The van der Waals surface area contributed by atoms with Crippen molar-refractivity contribution >= 4 is 17.8 Å². The first-order chi connectivity index (χ1) is 13.5. The summed E-state index contributed by atoms with van der Waals surface area (Å²) < 4.78 is 1.62. The lowest BCUT2D eigenvalue weighted by atomic mass is 10.1. The predicted molar refractivity (Wildman–Crippen MR) is 97.6 cm³/mol. The first-order valence-electron chi connectivity index (χ1n) is 8.62. The Morgan fingerprint density at radius 2 is 1.57 bits per heavy atom.